The van der Waals surface area contributed by atoms with Crippen LogP contribution in [-0.4, -0.2) is 63.4 Å². The van der Waals surface area contributed by atoms with Gasteiger partial charge in [0.1, 0.15) is 18.1 Å². The number of rotatable bonds is 2. The van der Waals surface area contributed by atoms with Crippen molar-refractivity contribution in [1.82, 2.24) is 10.2 Å². The number of hydrogen-bond acceptors (Lipinski definition) is 5. The van der Waals surface area contributed by atoms with Crippen molar-refractivity contribution in [2.75, 3.05) is 40.5 Å². The first-order valence-corrected chi connectivity index (χ1v) is 9.60. The highest BCUT2D eigenvalue weighted by molar-refractivity contribution is 5.97. The van der Waals surface area contributed by atoms with Crippen molar-refractivity contribution in [3.8, 4) is 11.5 Å². The molecule has 2 heterocycles. The molecular formula is C20H30N2O4. The fourth-order valence-electron chi connectivity index (χ4n) is 3.93. The summed E-state index contributed by atoms with van der Waals surface area (Å²) in [6.45, 7) is 3.02. The summed E-state index contributed by atoms with van der Waals surface area (Å²) in [5, 5.41) is 3.41. The Morgan fingerprint density at radius 3 is 2.85 bits per heavy atom. The number of benzene rings is 1. The normalized spacial score (nSPS) is 25.0. The summed E-state index contributed by atoms with van der Waals surface area (Å²) in [7, 11) is 3.37. The van der Waals surface area contributed by atoms with Gasteiger partial charge in [-0.2, -0.15) is 0 Å². The highest BCUT2D eigenvalue weighted by Crippen LogP contribution is 2.31. The fraction of sp³-hybridized carbons (Fsp3) is 0.650. The number of ether oxygens (including phenoxy) is 3. The van der Waals surface area contributed by atoms with E-state index >= 15 is 0 Å². The first kappa shape index (κ1) is 19.0. The molecule has 6 heteroatoms. The Balaban J connectivity index is 1.93. The lowest BCUT2D eigenvalue weighted by atomic mass is 9.93. The molecule has 1 fully saturated rings. The number of carbonyl (C=O) groups excluding carboxylic acids is 1. The molecule has 0 unspecified atom stereocenters. The van der Waals surface area contributed by atoms with Gasteiger partial charge in [0.05, 0.1) is 24.8 Å². The van der Waals surface area contributed by atoms with Gasteiger partial charge in [-0.15, -0.1) is 0 Å². The lowest BCUT2D eigenvalue weighted by Crippen LogP contribution is -2.51. The number of hydrogen-bond donors (Lipinski definition) is 1. The molecule has 0 aliphatic carbocycles. The first-order chi connectivity index (χ1) is 12.7. The van der Waals surface area contributed by atoms with Crippen LogP contribution in [0.3, 0.4) is 0 Å². The summed E-state index contributed by atoms with van der Waals surface area (Å²) in [6, 6.07) is 5.57. The van der Waals surface area contributed by atoms with E-state index in [0.717, 1.165) is 51.7 Å². The second-order valence-electron chi connectivity index (χ2n) is 6.94. The van der Waals surface area contributed by atoms with Gasteiger partial charge >= 0.3 is 0 Å². The van der Waals surface area contributed by atoms with Crippen LogP contribution >= 0.6 is 0 Å². The van der Waals surface area contributed by atoms with E-state index in [-0.39, 0.29) is 18.1 Å². The van der Waals surface area contributed by atoms with Crippen LogP contribution in [0, 0.1) is 0 Å². The van der Waals surface area contributed by atoms with Crippen molar-refractivity contribution in [1.29, 1.82) is 0 Å². The van der Waals surface area contributed by atoms with E-state index in [0.29, 0.717) is 23.7 Å². The zero-order valence-electron chi connectivity index (χ0n) is 15.8. The van der Waals surface area contributed by atoms with E-state index < -0.39 is 0 Å². The standard InChI is InChI=1S/C20H30N2O4/c1-24-15-8-9-16-19(14-15)26-13-11-21-10-4-3-6-17-18(25-2)7-5-12-22(17)20(16)23/h8-9,14,17-18,21H,3-7,10-13H2,1-2H3/t17-,18-/m1/s1. The van der Waals surface area contributed by atoms with E-state index in [1.165, 1.54) is 0 Å². The van der Waals surface area contributed by atoms with Crippen LogP contribution in [0.2, 0.25) is 0 Å². The van der Waals surface area contributed by atoms with E-state index in [2.05, 4.69) is 5.32 Å². The number of carbonyl (C=O) groups is 1. The molecule has 1 N–H and O–H groups in total. The maximum atomic E-state index is 13.4. The third-order valence-electron chi connectivity index (χ3n) is 5.34. The quantitative estimate of drug-likeness (QED) is 0.876. The van der Waals surface area contributed by atoms with Gasteiger partial charge in [-0.25, -0.2) is 0 Å². The molecule has 2 aliphatic heterocycles. The molecule has 2 atom stereocenters. The lowest BCUT2D eigenvalue weighted by Gasteiger charge is -2.41. The van der Waals surface area contributed by atoms with E-state index in [1.807, 2.05) is 17.0 Å². The van der Waals surface area contributed by atoms with Gasteiger partial charge in [0.25, 0.3) is 5.91 Å². The van der Waals surface area contributed by atoms with Crippen LogP contribution in [0.15, 0.2) is 18.2 Å². The van der Waals surface area contributed by atoms with Gasteiger partial charge in [-0.1, -0.05) is 6.42 Å². The summed E-state index contributed by atoms with van der Waals surface area (Å²) in [6.07, 6.45) is 5.23. The largest absolute Gasteiger partial charge is 0.497 e. The van der Waals surface area contributed by atoms with Gasteiger partial charge in [0.15, 0.2) is 0 Å². The van der Waals surface area contributed by atoms with Gasteiger partial charge < -0.3 is 24.4 Å². The second-order valence-corrected chi connectivity index (χ2v) is 6.94. The van der Waals surface area contributed by atoms with Crippen LogP contribution in [0.4, 0.5) is 0 Å². The molecule has 1 aromatic rings. The minimum Gasteiger partial charge on any atom is -0.497 e. The van der Waals surface area contributed by atoms with Gasteiger partial charge in [0.2, 0.25) is 0 Å². The molecule has 26 heavy (non-hydrogen) atoms. The summed E-state index contributed by atoms with van der Waals surface area (Å²) >= 11 is 0. The summed E-state index contributed by atoms with van der Waals surface area (Å²) in [5.74, 6) is 1.31. The Morgan fingerprint density at radius 1 is 1.15 bits per heavy atom. The number of piperidine rings is 1. The molecule has 1 aromatic carbocycles. The number of nitrogens with zero attached hydrogens (tertiary/aromatic N) is 1. The molecule has 144 valence electrons. The predicted octanol–water partition coefficient (Wildman–Crippen LogP) is 2.47. The predicted molar refractivity (Wildman–Crippen MR) is 100 cm³/mol. The molecule has 0 aromatic heterocycles. The summed E-state index contributed by atoms with van der Waals surface area (Å²) in [5.41, 5.74) is 0.604. The second kappa shape index (κ2) is 9.24. The maximum absolute atomic E-state index is 13.4. The molecule has 3 rings (SSSR count). The van der Waals surface area contributed by atoms with Crippen molar-refractivity contribution >= 4 is 5.91 Å². The van der Waals surface area contributed by atoms with Crippen LogP contribution < -0.4 is 14.8 Å². The average molecular weight is 362 g/mol. The number of nitrogens with one attached hydrogen (secondary N) is 1. The van der Waals surface area contributed by atoms with Crippen LogP contribution in [0.1, 0.15) is 42.5 Å². The lowest BCUT2D eigenvalue weighted by molar-refractivity contribution is -0.0154. The maximum Gasteiger partial charge on any atom is 0.257 e. The Labute approximate surface area is 155 Å². The number of amides is 1. The van der Waals surface area contributed by atoms with Crippen LogP contribution in [0.5, 0.6) is 11.5 Å². The molecular weight excluding hydrogens is 332 g/mol. The van der Waals surface area contributed by atoms with Crippen LogP contribution in [-0.2, 0) is 4.74 Å². The Morgan fingerprint density at radius 2 is 2.04 bits per heavy atom. The van der Waals surface area contributed by atoms with Crippen molar-refractivity contribution in [2.24, 2.45) is 0 Å². The van der Waals surface area contributed by atoms with E-state index in [9.17, 15) is 4.79 Å². The van der Waals surface area contributed by atoms with Crippen molar-refractivity contribution < 1.29 is 19.0 Å². The summed E-state index contributed by atoms with van der Waals surface area (Å²) < 4.78 is 17.0. The molecule has 0 saturated carbocycles. The van der Waals surface area contributed by atoms with E-state index in [1.54, 1.807) is 20.3 Å². The zero-order chi connectivity index (χ0) is 18.4. The Hall–Kier alpha value is -1.79. The zero-order valence-corrected chi connectivity index (χ0v) is 15.8. The highest BCUT2D eigenvalue weighted by atomic mass is 16.5. The minimum absolute atomic E-state index is 0.0293. The third-order valence-corrected chi connectivity index (χ3v) is 5.34. The number of methoxy groups -OCH3 is 2. The molecule has 0 bridgehead atoms. The Kier molecular flexibility index (Phi) is 6.74. The van der Waals surface area contributed by atoms with Crippen molar-refractivity contribution in [3.63, 3.8) is 0 Å². The molecule has 0 spiro atoms. The average Bonchev–Trinajstić information content (AvgIpc) is 2.69. The summed E-state index contributed by atoms with van der Waals surface area (Å²) in [4.78, 5) is 15.4. The van der Waals surface area contributed by atoms with E-state index in [4.69, 9.17) is 14.2 Å². The van der Waals surface area contributed by atoms with Gasteiger partial charge in [0, 0.05) is 26.3 Å². The number of fused-ring (bicyclic) bond motifs is 2. The smallest absolute Gasteiger partial charge is 0.257 e. The molecule has 1 saturated heterocycles. The monoisotopic (exact) mass is 362 g/mol. The fourth-order valence-corrected chi connectivity index (χ4v) is 3.93. The first-order valence-electron chi connectivity index (χ1n) is 9.60. The van der Waals surface area contributed by atoms with Crippen LogP contribution in [0.25, 0.3) is 0 Å². The highest BCUT2D eigenvalue weighted by Gasteiger charge is 2.35. The SMILES string of the molecule is COc1ccc2c(c1)OCCNCCCC[C@@H]1[C@H](OC)CCCN1C2=O. The van der Waals surface area contributed by atoms with Crippen molar-refractivity contribution in [3.05, 3.63) is 23.8 Å². The third kappa shape index (κ3) is 4.30. The molecule has 1 amide bonds. The van der Waals surface area contributed by atoms with Crippen molar-refractivity contribution in [2.45, 2.75) is 44.2 Å². The topological polar surface area (TPSA) is 60.0 Å². The molecule has 6 nitrogen and oxygen atoms in total. The molecule has 0 radical (unpaired) electrons. The van der Waals surface area contributed by atoms with Gasteiger partial charge in [-0.05, 0) is 44.4 Å². The molecule has 2 aliphatic rings. The minimum atomic E-state index is 0.0293. The Bertz CT molecular complexity index is 607. The van der Waals surface area contributed by atoms with Gasteiger partial charge in [-0.3, -0.25) is 4.79 Å².